The van der Waals surface area contributed by atoms with Gasteiger partial charge in [-0.05, 0) is 48.5 Å². The topological polar surface area (TPSA) is 42.3 Å². The molecule has 0 radical (unpaired) electrons. The number of rotatable bonds is 3. The Balaban J connectivity index is 1.99. The van der Waals surface area contributed by atoms with E-state index in [9.17, 15) is 12.8 Å². The molecule has 0 amide bonds. The number of halogens is 2. The van der Waals surface area contributed by atoms with Crippen LogP contribution in [0.1, 0.15) is 11.1 Å². The third kappa shape index (κ3) is 2.74. The van der Waals surface area contributed by atoms with Crippen LogP contribution in [0, 0.1) is 5.82 Å². The van der Waals surface area contributed by atoms with Crippen molar-refractivity contribution in [2.45, 2.75) is 18.0 Å². The highest BCUT2D eigenvalue weighted by Gasteiger charge is 2.31. The molecule has 0 unspecified atom stereocenters. The Morgan fingerprint density at radius 1 is 1.08 bits per heavy atom. The molecule has 1 aliphatic heterocycles. The van der Waals surface area contributed by atoms with Crippen LogP contribution in [0.5, 0.6) is 0 Å². The first-order valence-corrected chi connectivity index (χ1v) is 9.87. The fourth-order valence-corrected chi connectivity index (χ4v) is 5.09. The maximum Gasteiger partial charge on any atom is 0.268 e. The molecule has 0 fully saturated rings. The van der Waals surface area contributed by atoms with Crippen molar-refractivity contribution < 1.29 is 12.8 Å². The zero-order valence-electron chi connectivity index (χ0n) is 14.0. The summed E-state index contributed by atoms with van der Waals surface area (Å²) in [5, 5.41) is 0.331. The largest absolute Gasteiger partial charge is 0.298 e. The first-order valence-electron chi connectivity index (χ1n) is 8.05. The lowest BCUT2D eigenvalue weighted by atomic mass is 10.1. The van der Waals surface area contributed by atoms with Crippen molar-refractivity contribution in [2.75, 3.05) is 7.05 Å². The van der Waals surface area contributed by atoms with Crippen LogP contribution in [-0.4, -0.2) is 24.3 Å². The number of hydrogen-bond acceptors (Lipinski definition) is 3. The summed E-state index contributed by atoms with van der Waals surface area (Å²) in [6, 6.07) is 12.3. The van der Waals surface area contributed by atoms with E-state index in [0.717, 1.165) is 11.1 Å². The highest BCUT2D eigenvalue weighted by atomic mass is 35.5. The molecule has 0 N–H and O–H groups in total. The lowest BCUT2D eigenvalue weighted by molar-refractivity contribution is 0.352. The van der Waals surface area contributed by atoms with E-state index in [0.29, 0.717) is 23.8 Å². The molecule has 4 rings (SSSR count). The first kappa shape index (κ1) is 17.3. The fourth-order valence-electron chi connectivity index (χ4n) is 3.36. The van der Waals surface area contributed by atoms with Crippen LogP contribution in [-0.2, 0) is 23.1 Å². The number of hydrogen-bond donors (Lipinski definition) is 0. The molecule has 1 aromatic heterocycles. The molecule has 0 saturated carbocycles. The van der Waals surface area contributed by atoms with Crippen molar-refractivity contribution >= 4 is 21.6 Å². The monoisotopic (exact) mass is 390 g/mol. The lowest BCUT2D eigenvalue weighted by Crippen LogP contribution is -2.16. The minimum absolute atomic E-state index is 0.0737. The van der Waals surface area contributed by atoms with Gasteiger partial charge in [-0.25, -0.2) is 16.8 Å². The predicted octanol–water partition coefficient (Wildman–Crippen LogP) is 4.13. The van der Waals surface area contributed by atoms with Gasteiger partial charge in [-0.3, -0.25) is 4.90 Å². The maximum absolute atomic E-state index is 14.5. The second-order valence-electron chi connectivity index (χ2n) is 6.39. The second kappa shape index (κ2) is 6.23. The lowest BCUT2D eigenvalue weighted by Gasteiger charge is -2.15. The Hall–Kier alpha value is -2.15. The third-order valence-electron chi connectivity index (χ3n) is 4.52. The van der Waals surface area contributed by atoms with Crippen molar-refractivity contribution in [1.82, 2.24) is 8.87 Å². The van der Waals surface area contributed by atoms with Gasteiger partial charge in [-0.1, -0.05) is 29.8 Å². The summed E-state index contributed by atoms with van der Waals surface area (Å²) in [7, 11) is -1.96. The van der Waals surface area contributed by atoms with E-state index in [2.05, 4.69) is 4.90 Å². The summed E-state index contributed by atoms with van der Waals surface area (Å²) in [6.07, 6.45) is 1.59. The molecule has 1 aliphatic rings. The fraction of sp³-hybridized carbons (Fsp3) is 0.158. The molecule has 0 atom stereocenters. The van der Waals surface area contributed by atoms with Crippen LogP contribution in [0.4, 0.5) is 4.39 Å². The van der Waals surface area contributed by atoms with Gasteiger partial charge >= 0.3 is 0 Å². The first-order chi connectivity index (χ1) is 12.4. The van der Waals surface area contributed by atoms with E-state index in [4.69, 9.17) is 11.6 Å². The zero-order chi connectivity index (χ0) is 18.5. The highest BCUT2D eigenvalue weighted by molar-refractivity contribution is 7.90. The van der Waals surface area contributed by atoms with E-state index in [1.807, 2.05) is 7.05 Å². The van der Waals surface area contributed by atoms with Gasteiger partial charge in [0.05, 0.1) is 10.6 Å². The average Bonchev–Trinajstić information content (AvgIpc) is 3.12. The molecule has 7 heteroatoms. The van der Waals surface area contributed by atoms with Crippen LogP contribution < -0.4 is 0 Å². The number of benzene rings is 2. The highest BCUT2D eigenvalue weighted by Crippen LogP contribution is 2.37. The number of fused-ring (bicyclic) bond motifs is 1. The summed E-state index contributed by atoms with van der Waals surface area (Å²) in [5.74, 6) is -0.453. The van der Waals surface area contributed by atoms with Crippen LogP contribution in [0.25, 0.3) is 11.3 Å². The van der Waals surface area contributed by atoms with Crippen molar-refractivity contribution in [3.05, 3.63) is 76.7 Å². The van der Waals surface area contributed by atoms with Crippen LogP contribution in [0.15, 0.2) is 59.6 Å². The summed E-state index contributed by atoms with van der Waals surface area (Å²) >= 11 is 5.97. The second-order valence-corrected chi connectivity index (χ2v) is 8.64. The zero-order valence-corrected chi connectivity index (χ0v) is 15.6. The van der Waals surface area contributed by atoms with Gasteiger partial charge < -0.3 is 0 Å². The maximum atomic E-state index is 14.5. The summed E-state index contributed by atoms with van der Waals surface area (Å²) in [4.78, 5) is 2.13. The predicted molar refractivity (Wildman–Crippen MR) is 99.0 cm³/mol. The van der Waals surface area contributed by atoms with Gasteiger partial charge in [0.2, 0.25) is 0 Å². The van der Waals surface area contributed by atoms with Crippen LogP contribution in [0.3, 0.4) is 0 Å². The third-order valence-corrected chi connectivity index (χ3v) is 6.41. The van der Waals surface area contributed by atoms with Crippen molar-refractivity contribution in [2.24, 2.45) is 0 Å². The molecular formula is C19H16ClFN2O2S. The van der Waals surface area contributed by atoms with Crippen molar-refractivity contribution in [1.29, 1.82) is 0 Å². The normalized spacial score (nSPS) is 14.6. The van der Waals surface area contributed by atoms with E-state index >= 15 is 0 Å². The van der Waals surface area contributed by atoms with E-state index in [-0.39, 0.29) is 10.5 Å². The standard InChI is InChI=1S/C19H16ClFN2O2S/c1-22-10-13-11-23(26(24,25)15-6-4-5-14(20)9-15)19(17(13)12-22)16-7-2-3-8-18(16)21/h2-9,11H,10,12H2,1H3. The number of aromatic nitrogens is 1. The molecule has 2 aromatic carbocycles. The quantitative estimate of drug-likeness (QED) is 0.675. The van der Waals surface area contributed by atoms with Gasteiger partial charge in [0, 0.05) is 29.9 Å². The van der Waals surface area contributed by atoms with Crippen LogP contribution in [0.2, 0.25) is 5.02 Å². The van der Waals surface area contributed by atoms with Gasteiger partial charge in [-0.15, -0.1) is 0 Å². The molecule has 4 nitrogen and oxygen atoms in total. The van der Waals surface area contributed by atoms with Gasteiger partial charge in [0.25, 0.3) is 10.0 Å². The smallest absolute Gasteiger partial charge is 0.268 e. The molecule has 26 heavy (non-hydrogen) atoms. The Kier molecular flexibility index (Phi) is 4.14. The Morgan fingerprint density at radius 3 is 2.58 bits per heavy atom. The Bertz CT molecular complexity index is 1110. The van der Waals surface area contributed by atoms with Gasteiger partial charge in [0.1, 0.15) is 5.82 Å². The molecule has 0 bridgehead atoms. The summed E-state index contributed by atoms with van der Waals surface area (Å²) in [5.41, 5.74) is 2.37. The molecule has 0 saturated heterocycles. The average molecular weight is 391 g/mol. The summed E-state index contributed by atoms with van der Waals surface area (Å²) < 4.78 is 42.2. The molecule has 2 heterocycles. The number of nitrogens with zero attached hydrogens (tertiary/aromatic N) is 2. The molecule has 134 valence electrons. The Labute approximate surface area is 156 Å². The van der Waals surface area contributed by atoms with Crippen LogP contribution >= 0.6 is 11.6 Å². The van der Waals surface area contributed by atoms with Gasteiger partial charge in [-0.2, -0.15) is 0 Å². The van der Waals surface area contributed by atoms with E-state index < -0.39 is 15.8 Å². The van der Waals surface area contributed by atoms with E-state index in [1.165, 1.54) is 22.2 Å². The minimum Gasteiger partial charge on any atom is -0.298 e. The van der Waals surface area contributed by atoms with E-state index in [1.54, 1.807) is 36.5 Å². The minimum atomic E-state index is -3.91. The van der Waals surface area contributed by atoms with Gasteiger partial charge in [0.15, 0.2) is 0 Å². The molecule has 0 spiro atoms. The van der Waals surface area contributed by atoms with Crippen molar-refractivity contribution in [3.63, 3.8) is 0 Å². The Morgan fingerprint density at radius 2 is 1.85 bits per heavy atom. The molecule has 0 aliphatic carbocycles. The molecule has 3 aromatic rings. The SMILES string of the molecule is CN1Cc2cn(S(=O)(=O)c3cccc(Cl)c3)c(-c3ccccc3F)c2C1. The molecular weight excluding hydrogens is 375 g/mol. The summed E-state index contributed by atoms with van der Waals surface area (Å²) in [6.45, 7) is 1.19. The van der Waals surface area contributed by atoms with Crippen molar-refractivity contribution in [3.8, 4) is 11.3 Å².